The minimum atomic E-state index is 0.432. The van der Waals surface area contributed by atoms with Crippen LogP contribution in [0.3, 0.4) is 0 Å². The van der Waals surface area contributed by atoms with Gasteiger partial charge < -0.3 is 5.32 Å². The van der Waals surface area contributed by atoms with Crippen LogP contribution in [0.2, 0.25) is 0 Å². The molecule has 1 rings (SSSR count). The monoisotopic (exact) mass is 198 g/mol. The first-order valence-electron chi connectivity index (χ1n) is 5.96. The summed E-state index contributed by atoms with van der Waals surface area (Å²) in [4.78, 5) is 2.58. The second-order valence-electron chi connectivity index (χ2n) is 5.23. The summed E-state index contributed by atoms with van der Waals surface area (Å²) in [7, 11) is 4.36. The lowest BCUT2D eigenvalue weighted by molar-refractivity contribution is 0.0541. The summed E-state index contributed by atoms with van der Waals surface area (Å²) in [5.74, 6) is 0.795. The molecule has 2 heteroatoms. The van der Waals surface area contributed by atoms with E-state index in [9.17, 15) is 0 Å². The average molecular weight is 198 g/mol. The maximum Gasteiger partial charge on any atom is 0.0333 e. The lowest BCUT2D eigenvalue weighted by Crippen LogP contribution is -2.55. The molecule has 0 aliphatic carbocycles. The van der Waals surface area contributed by atoms with Crippen LogP contribution in [-0.2, 0) is 0 Å². The fourth-order valence-corrected chi connectivity index (χ4v) is 2.87. The van der Waals surface area contributed by atoms with Crippen molar-refractivity contribution in [2.45, 2.75) is 45.1 Å². The fraction of sp³-hybridized carbons (Fsp3) is 1.00. The minimum absolute atomic E-state index is 0.432. The quantitative estimate of drug-likeness (QED) is 0.744. The molecule has 0 radical (unpaired) electrons. The Balaban J connectivity index is 2.66. The van der Waals surface area contributed by atoms with Crippen molar-refractivity contribution in [1.82, 2.24) is 10.2 Å². The first-order chi connectivity index (χ1) is 6.60. The fourth-order valence-electron chi connectivity index (χ4n) is 2.87. The van der Waals surface area contributed by atoms with Crippen LogP contribution in [0.1, 0.15) is 39.5 Å². The first kappa shape index (κ1) is 12.0. The van der Waals surface area contributed by atoms with Gasteiger partial charge in [0.25, 0.3) is 0 Å². The van der Waals surface area contributed by atoms with Crippen molar-refractivity contribution in [2.24, 2.45) is 5.92 Å². The van der Waals surface area contributed by atoms with E-state index in [-0.39, 0.29) is 0 Å². The largest absolute Gasteiger partial charge is 0.318 e. The first-order valence-corrected chi connectivity index (χ1v) is 5.96. The maximum absolute atomic E-state index is 3.37. The van der Waals surface area contributed by atoms with Gasteiger partial charge in [0.1, 0.15) is 0 Å². The average Bonchev–Trinajstić information content (AvgIpc) is 2.09. The summed E-state index contributed by atoms with van der Waals surface area (Å²) in [5, 5.41) is 3.37. The number of likely N-dealkylation sites (tertiary alicyclic amines) is 1. The Labute approximate surface area is 89.1 Å². The summed E-state index contributed by atoms with van der Waals surface area (Å²) in [6.45, 7) is 7.08. The van der Waals surface area contributed by atoms with Crippen molar-refractivity contribution in [1.29, 1.82) is 0 Å². The van der Waals surface area contributed by atoms with Crippen molar-refractivity contribution < 1.29 is 0 Å². The Kier molecular flexibility index (Phi) is 4.39. The summed E-state index contributed by atoms with van der Waals surface area (Å²) >= 11 is 0. The molecule has 14 heavy (non-hydrogen) atoms. The number of nitrogens with zero attached hydrogens (tertiary/aromatic N) is 1. The van der Waals surface area contributed by atoms with E-state index >= 15 is 0 Å². The van der Waals surface area contributed by atoms with Crippen LogP contribution < -0.4 is 5.32 Å². The third-order valence-electron chi connectivity index (χ3n) is 3.49. The standard InChI is InChI=1S/C12H26N2/c1-11(2)9-12(10-13-3)7-5-6-8-14(12)4/h11,13H,5-10H2,1-4H3. The van der Waals surface area contributed by atoms with Gasteiger partial charge in [-0.1, -0.05) is 20.3 Å². The van der Waals surface area contributed by atoms with Crippen LogP contribution >= 0.6 is 0 Å². The van der Waals surface area contributed by atoms with E-state index in [1.807, 2.05) is 0 Å². The molecule has 1 heterocycles. The highest BCUT2D eigenvalue weighted by Crippen LogP contribution is 2.32. The summed E-state index contributed by atoms with van der Waals surface area (Å²) < 4.78 is 0. The van der Waals surface area contributed by atoms with Gasteiger partial charge in [0, 0.05) is 12.1 Å². The van der Waals surface area contributed by atoms with Gasteiger partial charge >= 0.3 is 0 Å². The highest BCUT2D eigenvalue weighted by Gasteiger charge is 2.36. The highest BCUT2D eigenvalue weighted by molar-refractivity contribution is 4.94. The minimum Gasteiger partial charge on any atom is -0.318 e. The molecule has 0 bridgehead atoms. The number of nitrogens with one attached hydrogen (secondary N) is 1. The lowest BCUT2D eigenvalue weighted by Gasteiger charge is -2.46. The molecule has 1 aliphatic heterocycles. The van der Waals surface area contributed by atoms with Gasteiger partial charge in [-0.25, -0.2) is 0 Å². The SMILES string of the molecule is CNCC1(CC(C)C)CCCCN1C. The van der Waals surface area contributed by atoms with E-state index in [0.717, 1.165) is 12.5 Å². The van der Waals surface area contributed by atoms with Gasteiger partial charge in [0.15, 0.2) is 0 Å². The molecule has 0 saturated carbocycles. The van der Waals surface area contributed by atoms with Crippen molar-refractivity contribution in [3.8, 4) is 0 Å². The number of hydrogen-bond donors (Lipinski definition) is 1. The van der Waals surface area contributed by atoms with Crippen LogP contribution in [0.5, 0.6) is 0 Å². The van der Waals surface area contributed by atoms with Crippen LogP contribution in [0.4, 0.5) is 0 Å². The second-order valence-corrected chi connectivity index (χ2v) is 5.23. The zero-order valence-electron chi connectivity index (χ0n) is 10.3. The number of likely N-dealkylation sites (N-methyl/N-ethyl adjacent to an activating group) is 2. The van der Waals surface area contributed by atoms with Crippen molar-refractivity contribution in [3.63, 3.8) is 0 Å². The molecule has 0 aromatic carbocycles. The molecule has 0 spiro atoms. The van der Waals surface area contributed by atoms with Gasteiger partial charge in [0.2, 0.25) is 0 Å². The van der Waals surface area contributed by atoms with E-state index in [2.05, 4.69) is 38.2 Å². The number of hydrogen-bond acceptors (Lipinski definition) is 2. The molecule has 1 N–H and O–H groups in total. The molecule has 1 fully saturated rings. The molecular formula is C12H26N2. The van der Waals surface area contributed by atoms with E-state index in [1.54, 1.807) is 0 Å². The third kappa shape index (κ3) is 2.71. The van der Waals surface area contributed by atoms with Crippen LogP contribution in [-0.4, -0.2) is 37.6 Å². The summed E-state index contributed by atoms with van der Waals surface area (Å²) in [5.41, 5.74) is 0.432. The Bertz CT molecular complexity index is 164. The lowest BCUT2D eigenvalue weighted by atomic mass is 9.80. The summed E-state index contributed by atoms with van der Waals surface area (Å²) in [6.07, 6.45) is 5.46. The van der Waals surface area contributed by atoms with E-state index < -0.39 is 0 Å². The third-order valence-corrected chi connectivity index (χ3v) is 3.49. The molecule has 1 aliphatic rings. The Morgan fingerprint density at radius 2 is 2.07 bits per heavy atom. The normalized spacial score (nSPS) is 29.8. The van der Waals surface area contributed by atoms with Crippen LogP contribution in [0.25, 0.3) is 0 Å². The van der Waals surface area contributed by atoms with E-state index in [4.69, 9.17) is 0 Å². The number of piperidine rings is 1. The Morgan fingerprint density at radius 3 is 2.57 bits per heavy atom. The number of rotatable bonds is 4. The summed E-state index contributed by atoms with van der Waals surface area (Å²) in [6, 6.07) is 0. The zero-order valence-corrected chi connectivity index (χ0v) is 10.3. The predicted molar refractivity (Wildman–Crippen MR) is 62.6 cm³/mol. The molecule has 0 aromatic rings. The van der Waals surface area contributed by atoms with E-state index in [0.29, 0.717) is 5.54 Å². The van der Waals surface area contributed by atoms with Gasteiger partial charge in [-0.15, -0.1) is 0 Å². The molecule has 1 saturated heterocycles. The zero-order chi connectivity index (χ0) is 10.6. The Morgan fingerprint density at radius 1 is 1.36 bits per heavy atom. The van der Waals surface area contributed by atoms with Gasteiger partial charge in [-0.2, -0.15) is 0 Å². The topological polar surface area (TPSA) is 15.3 Å². The smallest absolute Gasteiger partial charge is 0.0333 e. The predicted octanol–water partition coefficient (Wildman–Crippen LogP) is 2.11. The maximum atomic E-state index is 3.37. The molecule has 84 valence electrons. The molecule has 1 atom stereocenters. The van der Waals surface area contributed by atoms with Crippen molar-refractivity contribution in [2.75, 3.05) is 27.2 Å². The van der Waals surface area contributed by atoms with Gasteiger partial charge in [0.05, 0.1) is 0 Å². The molecular weight excluding hydrogens is 172 g/mol. The van der Waals surface area contributed by atoms with Crippen molar-refractivity contribution in [3.05, 3.63) is 0 Å². The van der Waals surface area contributed by atoms with Crippen LogP contribution in [0.15, 0.2) is 0 Å². The van der Waals surface area contributed by atoms with Gasteiger partial charge in [-0.05, 0) is 45.8 Å². The molecule has 0 amide bonds. The second kappa shape index (κ2) is 5.13. The Hall–Kier alpha value is -0.0800. The van der Waals surface area contributed by atoms with Crippen LogP contribution in [0, 0.1) is 5.92 Å². The molecule has 2 nitrogen and oxygen atoms in total. The van der Waals surface area contributed by atoms with E-state index in [1.165, 1.54) is 32.2 Å². The highest BCUT2D eigenvalue weighted by atomic mass is 15.2. The van der Waals surface area contributed by atoms with Crippen molar-refractivity contribution >= 4 is 0 Å². The van der Waals surface area contributed by atoms with Gasteiger partial charge in [-0.3, -0.25) is 4.90 Å². The molecule has 0 aromatic heterocycles. The molecule has 1 unspecified atom stereocenters.